The van der Waals surface area contributed by atoms with Gasteiger partial charge in [-0.25, -0.2) is 4.39 Å². The summed E-state index contributed by atoms with van der Waals surface area (Å²) in [6.45, 7) is 0. The number of benzene rings is 2. The molecular formula is C13H10FN3S. The molecule has 2 aromatic rings. The van der Waals surface area contributed by atoms with Gasteiger partial charge in [-0.05, 0) is 23.2 Å². The van der Waals surface area contributed by atoms with Gasteiger partial charge in [0.15, 0.2) is 0 Å². The van der Waals surface area contributed by atoms with E-state index in [0.29, 0.717) is 17.0 Å². The quantitative estimate of drug-likeness (QED) is 0.327. The summed E-state index contributed by atoms with van der Waals surface area (Å²) in [6.07, 6.45) is 0. The second kappa shape index (κ2) is 6.10. The van der Waals surface area contributed by atoms with Crippen molar-refractivity contribution in [1.82, 2.24) is 0 Å². The molecule has 2 aromatic carbocycles. The highest BCUT2D eigenvalue weighted by molar-refractivity contribution is 7.98. The van der Waals surface area contributed by atoms with Gasteiger partial charge in [0.05, 0.1) is 5.69 Å². The van der Waals surface area contributed by atoms with Gasteiger partial charge < -0.3 is 0 Å². The Morgan fingerprint density at radius 2 is 1.83 bits per heavy atom. The summed E-state index contributed by atoms with van der Waals surface area (Å²) in [7, 11) is 0. The molecule has 0 spiro atoms. The van der Waals surface area contributed by atoms with Crippen molar-refractivity contribution in [2.45, 2.75) is 10.6 Å². The van der Waals surface area contributed by atoms with Crippen molar-refractivity contribution >= 4 is 17.4 Å². The number of azide groups is 1. The monoisotopic (exact) mass is 259 g/mol. The fraction of sp³-hybridized carbons (Fsp3) is 0.0769. The molecule has 18 heavy (non-hydrogen) atoms. The summed E-state index contributed by atoms with van der Waals surface area (Å²) in [4.78, 5) is 3.62. The Bertz CT molecular complexity index is 594. The van der Waals surface area contributed by atoms with Crippen LogP contribution >= 0.6 is 11.8 Å². The molecule has 0 aliphatic heterocycles. The van der Waals surface area contributed by atoms with Crippen molar-refractivity contribution in [1.29, 1.82) is 0 Å². The van der Waals surface area contributed by atoms with Crippen molar-refractivity contribution in [2.24, 2.45) is 5.11 Å². The smallest absolute Gasteiger partial charge is 0.127 e. The molecule has 0 N–H and O–H groups in total. The van der Waals surface area contributed by atoms with Gasteiger partial charge in [-0.1, -0.05) is 41.5 Å². The maximum Gasteiger partial charge on any atom is 0.127 e. The minimum Gasteiger partial charge on any atom is -0.207 e. The lowest BCUT2D eigenvalue weighted by atomic mass is 10.2. The third-order valence-electron chi connectivity index (χ3n) is 2.36. The Hall–Kier alpha value is -1.97. The van der Waals surface area contributed by atoms with Gasteiger partial charge in [-0.3, -0.25) is 0 Å². The molecule has 0 unspecified atom stereocenters. The van der Waals surface area contributed by atoms with E-state index in [9.17, 15) is 4.39 Å². The fourth-order valence-electron chi connectivity index (χ4n) is 1.48. The number of hydrogen-bond acceptors (Lipinski definition) is 2. The Labute approximate surface area is 108 Å². The zero-order valence-electron chi connectivity index (χ0n) is 9.45. The lowest BCUT2D eigenvalue weighted by molar-refractivity contribution is 0.617. The van der Waals surface area contributed by atoms with E-state index in [2.05, 4.69) is 10.0 Å². The van der Waals surface area contributed by atoms with Crippen LogP contribution in [0.4, 0.5) is 10.1 Å². The maximum absolute atomic E-state index is 13.4. The summed E-state index contributed by atoms with van der Waals surface area (Å²) in [5.74, 6) is 0.288. The first-order valence-corrected chi connectivity index (χ1v) is 6.30. The van der Waals surface area contributed by atoms with Gasteiger partial charge in [0.1, 0.15) is 5.82 Å². The maximum atomic E-state index is 13.4. The molecule has 0 saturated heterocycles. The van der Waals surface area contributed by atoms with E-state index < -0.39 is 0 Å². The predicted molar refractivity (Wildman–Crippen MR) is 71.2 cm³/mol. The van der Waals surface area contributed by atoms with Crippen molar-refractivity contribution in [2.75, 3.05) is 0 Å². The van der Waals surface area contributed by atoms with E-state index in [-0.39, 0.29) is 5.82 Å². The molecule has 2 rings (SSSR count). The van der Waals surface area contributed by atoms with Crippen LogP contribution in [0, 0.1) is 5.82 Å². The SMILES string of the molecule is [N-]=[N+]=Nc1ccccc1SCc1ccccc1F. The average Bonchev–Trinajstić information content (AvgIpc) is 2.40. The van der Waals surface area contributed by atoms with E-state index in [1.165, 1.54) is 17.8 Å². The molecule has 3 nitrogen and oxygen atoms in total. The molecule has 0 amide bonds. The summed E-state index contributed by atoms with van der Waals surface area (Å²) < 4.78 is 13.4. The van der Waals surface area contributed by atoms with Crippen molar-refractivity contribution in [3.63, 3.8) is 0 Å². The van der Waals surface area contributed by atoms with Crippen LogP contribution in [0.2, 0.25) is 0 Å². The van der Waals surface area contributed by atoms with E-state index in [0.717, 1.165) is 4.90 Å². The minimum absolute atomic E-state index is 0.216. The van der Waals surface area contributed by atoms with Gasteiger partial charge in [0, 0.05) is 15.6 Å². The molecule has 0 saturated carbocycles. The first-order chi connectivity index (χ1) is 8.81. The van der Waals surface area contributed by atoms with Crippen molar-refractivity contribution < 1.29 is 4.39 Å². The third kappa shape index (κ3) is 3.03. The van der Waals surface area contributed by atoms with Gasteiger partial charge in [-0.15, -0.1) is 11.8 Å². The Balaban J connectivity index is 2.16. The van der Waals surface area contributed by atoms with Crippen LogP contribution in [0.15, 0.2) is 58.5 Å². The predicted octanol–water partition coefficient (Wildman–Crippen LogP) is 5.06. The molecule has 0 aliphatic rings. The zero-order chi connectivity index (χ0) is 12.8. The van der Waals surface area contributed by atoms with Gasteiger partial charge >= 0.3 is 0 Å². The standard InChI is InChI=1S/C13H10FN3S/c14-11-6-2-1-5-10(11)9-18-13-8-4-3-7-12(13)16-17-15/h1-8H,9H2. The summed E-state index contributed by atoms with van der Waals surface area (Å²) in [5.41, 5.74) is 9.67. The number of nitrogens with zero attached hydrogens (tertiary/aromatic N) is 3. The minimum atomic E-state index is -0.216. The Morgan fingerprint density at radius 3 is 2.61 bits per heavy atom. The second-order valence-corrected chi connectivity index (χ2v) is 4.55. The molecule has 90 valence electrons. The summed E-state index contributed by atoms with van der Waals surface area (Å²) in [6, 6.07) is 13.9. The average molecular weight is 259 g/mol. The van der Waals surface area contributed by atoms with Crippen LogP contribution in [-0.2, 0) is 5.75 Å². The second-order valence-electron chi connectivity index (χ2n) is 3.54. The largest absolute Gasteiger partial charge is 0.207 e. The lowest BCUT2D eigenvalue weighted by Crippen LogP contribution is -1.86. The normalized spacial score (nSPS) is 9.83. The van der Waals surface area contributed by atoms with E-state index in [1.54, 1.807) is 30.3 Å². The first-order valence-electron chi connectivity index (χ1n) is 5.31. The van der Waals surface area contributed by atoms with Gasteiger partial charge in [0.25, 0.3) is 0 Å². The Morgan fingerprint density at radius 1 is 1.11 bits per heavy atom. The van der Waals surface area contributed by atoms with Crippen molar-refractivity contribution in [3.05, 3.63) is 70.4 Å². The molecule has 0 bridgehead atoms. The molecule has 0 heterocycles. The molecule has 5 heteroatoms. The zero-order valence-corrected chi connectivity index (χ0v) is 10.3. The first kappa shape index (κ1) is 12.5. The van der Waals surface area contributed by atoms with Crippen LogP contribution < -0.4 is 0 Å². The number of hydrogen-bond donors (Lipinski definition) is 0. The number of rotatable bonds is 4. The van der Waals surface area contributed by atoms with E-state index >= 15 is 0 Å². The van der Waals surface area contributed by atoms with E-state index in [1.807, 2.05) is 12.1 Å². The highest BCUT2D eigenvalue weighted by Crippen LogP contribution is 2.32. The number of halogens is 1. The topological polar surface area (TPSA) is 48.8 Å². The Kier molecular flexibility index (Phi) is 4.23. The van der Waals surface area contributed by atoms with Gasteiger partial charge in [0.2, 0.25) is 0 Å². The lowest BCUT2D eigenvalue weighted by Gasteiger charge is -2.05. The summed E-state index contributed by atoms with van der Waals surface area (Å²) >= 11 is 1.45. The molecule has 0 fully saturated rings. The van der Waals surface area contributed by atoms with Crippen LogP contribution in [-0.4, -0.2) is 0 Å². The van der Waals surface area contributed by atoms with Crippen LogP contribution in [0.25, 0.3) is 10.4 Å². The fourth-order valence-corrected chi connectivity index (χ4v) is 2.46. The van der Waals surface area contributed by atoms with Crippen LogP contribution in [0.5, 0.6) is 0 Å². The van der Waals surface area contributed by atoms with Crippen LogP contribution in [0.1, 0.15) is 5.56 Å². The van der Waals surface area contributed by atoms with Gasteiger partial charge in [-0.2, -0.15) is 0 Å². The third-order valence-corrected chi connectivity index (χ3v) is 3.47. The van der Waals surface area contributed by atoms with Crippen molar-refractivity contribution in [3.8, 4) is 0 Å². The molecular weight excluding hydrogens is 249 g/mol. The highest BCUT2D eigenvalue weighted by atomic mass is 32.2. The van der Waals surface area contributed by atoms with Crippen LogP contribution in [0.3, 0.4) is 0 Å². The molecule has 0 aliphatic carbocycles. The van der Waals surface area contributed by atoms with E-state index in [4.69, 9.17) is 5.53 Å². The molecule has 0 atom stereocenters. The molecule has 0 radical (unpaired) electrons. The molecule has 0 aromatic heterocycles. The number of thioether (sulfide) groups is 1. The highest BCUT2D eigenvalue weighted by Gasteiger charge is 2.04. The summed E-state index contributed by atoms with van der Waals surface area (Å²) in [5, 5.41) is 3.61.